The standard InChI is InChI=1S/C15H21N3O2/c1-17(2)15(19)12-18(3)9-6-10-20-14-8-5-4-7-13(14)11-16/h4-5,7-8H,6,9-10,12H2,1-3H3. The Kier molecular flexibility index (Phi) is 6.54. The van der Waals surface area contributed by atoms with Crippen LogP contribution in [0.4, 0.5) is 0 Å². The van der Waals surface area contributed by atoms with Crippen LogP contribution in [0.1, 0.15) is 12.0 Å². The average molecular weight is 275 g/mol. The van der Waals surface area contributed by atoms with Crippen molar-refractivity contribution in [1.82, 2.24) is 9.80 Å². The fourth-order valence-corrected chi connectivity index (χ4v) is 1.65. The molecule has 0 aromatic heterocycles. The second-order valence-corrected chi connectivity index (χ2v) is 4.84. The smallest absolute Gasteiger partial charge is 0.236 e. The molecule has 5 nitrogen and oxygen atoms in total. The lowest BCUT2D eigenvalue weighted by Gasteiger charge is -2.18. The lowest BCUT2D eigenvalue weighted by molar-refractivity contribution is -0.129. The van der Waals surface area contributed by atoms with Crippen LogP contribution in [0.25, 0.3) is 0 Å². The normalized spacial score (nSPS) is 10.2. The minimum atomic E-state index is 0.0863. The Labute approximate surface area is 120 Å². The Morgan fingerprint density at radius 1 is 1.30 bits per heavy atom. The van der Waals surface area contributed by atoms with Gasteiger partial charge in [0, 0.05) is 20.6 Å². The molecule has 0 heterocycles. The molecule has 0 unspecified atom stereocenters. The predicted molar refractivity (Wildman–Crippen MR) is 77.5 cm³/mol. The third-order valence-corrected chi connectivity index (χ3v) is 2.85. The Balaban J connectivity index is 2.28. The molecule has 1 aromatic rings. The summed E-state index contributed by atoms with van der Waals surface area (Å²) in [5.41, 5.74) is 0.545. The van der Waals surface area contributed by atoms with Crippen molar-refractivity contribution in [3.05, 3.63) is 29.8 Å². The fourth-order valence-electron chi connectivity index (χ4n) is 1.65. The maximum absolute atomic E-state index is 11.5. The third kappa shape index (κ3) is 5.29. The molecule has 0 aliphatic heterocycles. The van der Waals surface area contributed by atoms with Crippen LogP contribution in [0.15, 0.2) is 24.3 Å². The van der Waals surface area contributed by atoms with E-state index >= 15 is 0 Å². The van der Waals surface area contributed by atoms with E-state index in [9.17, 15) is 4.79 Å². The van der Waals surface area contributed by atoms with Crippen molar-refractivity contribution in [1.29, 1.82) is 5.26 Å². The minimum Gasteiger partial charge on any atom is -0.492 e. The number of para-hydroxylation sites is 1. The van der Waals surface area contributed by atoms with E-state index in [0.717, 1.165) is 13.0 Å². The SMILES string of the molecule is CN(CCCOc1ccccc1C#N)CC(=O)N(C)C. The molecule has 5 heteroatoms. The van der Waals surface area contributed by atoms with Gasteiger partial charge in [-0.15, -0.1) is 0 Å². The first kappa shape index (κ1) is 16.0. The van der Waals surface area contributed by atoms with E-state index in [1.54, 1.807) is 31.1 Å². The van der Waals surface area contributed by atoms with Gasteiger partial charge in [0.2, 0.25) is 5.91 Å². The van der Waals surface area contributed by atoms with E-state index < -0.39 is 0 Å². The number of rotatable bonds is 7. The molecule has 0 saturated carbocycles. The highest BCUT2D eigenvalue weighted by Crippen LogP contribution is 2.16. The van der Waals surface area contributed by atoms with Crippen molar-refractivity contribution >= 4 is 5.91 Å². The van der Waals surface area contributed by atoms with Crippen LogP contribution in [0, 0.1) is 11.3 Å². The molecule has 0 atom stereocenters. The van der Waals surface area contributed by atoms with Crippen molar-refractivity contribution < 1.29 is 9.53 Å². The second-order valence-electron chi connectivity index (χ2n) is 4.84. The molecule has 0 aliphatic carbocycles. The number of likely N-dealkylation sites (N-methyl/N-ethyl adjacent to an activating group) is 2. The molecule has 108 valence electrons. The van der Waals surface area contributed by atoms with Crippen LogP contribution in [0.2, 0.25) is 0 Å². The van der Waals surface area contributed by atoms with Crippen LogP contribution < -0.4 is 4.74 Å². The Bertz CT molecular complexity index is 480. The van der Waals surface area contributed by atoms with Gasteiger partial charge in [0.15, 0.2) is 0 Å². The minimum absolute atomic E-state index is 0.0863. The third-order valence-electron chi connectivity index (χ3n) is 2.85. The summed E-state index contributed by atoms with van der Waals surface area (Å²) in [6.07, 6.45) is 0.803. The number of carbonyl (C=O) groups excluding carboxylic acids is 1. The van der Waals surface area contributed by atoms with Crippen molar-refractivity contribution in [3.63, 3.8) is 0 Å². The first-order valence-electron chi connectivity index (χ1n) is 6.55. The number of nitrogens with zero attached hydrogens (tertiary/aromatic N) is 3. The largest absolute Gasteiger partial charge is 0.492 e. The van der Waals surface area contributed by atoms with Crippen LogP contribution in [0.3, 0.4) is 0 Å². The van der Waals surface area contributed by atoms with Gasteiger partial charge in [-0.1, -0.05) is 12.1 Å². The second kappa shape index (κ2) is 8.18. The molecule has 0 aliphatic rings. The monoisotopic (exact) mass is 275 g/mol. The van der Waals surface area contributed by atoms with Crippen molar-refractivity contribution in [3.8, 4) is 11.8 Å². The zero-order chi connectivity index (χ0) is 15.0. The molecule has 1 aromatic carbocycles. The maximum Gasteiger partial charge on any atom is 0.236 e. The van der Waals surface area contributed by atoms with Gasteiger partial charge in [-0.3, -0.25) is 9.69 Å². The van der Waals surface area contributed by atoms with Crippen LogP contribution >= 0.6 is 0 Å². The van der Waals surface area contributed by atoms with E-state index in [1.807, 2.05) is 24.1 Å². The molecule has 1 amide bonds. The summed E-state index contributed by atoms with van der Waals surface area (Å²) in [4.78, 5) is 15.0. The maximum atomic E-state index is 11.5. The average Bonchev–Trinajstić information content (AvgIpc) is 2.43. The quantitative estimate of drug-likeness (QED) is 0.705. The molecular formula is C15H21N3O2. The Hall–Kier alpha value is -2.06. The van der Waals surface area contributed by atoms with Gasteiger partial charge in [0.1, 0.15) is 11.8 Å². The number of benzene rings is 1. The van der Waals surface area contributed by atoms with E-state index in [-0.39, 0.29) is 5.91 Å². The van der Waals surface area contributed by atoms with E-state index in [1.165, 1.54) is 0 Å². The summed E-state index contributed by atoms with van der Waals surface area (Å²) in [6, 6.07) is 9.28. The zero-order valence-corrected chi connectivity index (χ0v) is 12.3. The van der Waals surface area contributed by atoms with Gasteiger partial charge in [-0.05, 0) is 25.6 Å². The van der Waals surface area contributed by atoms with Crippen molar-refractivity contribution in [2.45, 2.75) is 6.42 Å². The summed E-state index contributed by atoms with van der Waals surface area (Å²) in [6.45, 7) is 1.70. The summed E-state index contributed by atoms with van der Waals surface area (Å²) in [5, 5.41) is 8.93. The fraction of sp³-hybridized carbons (Fsp3) is 0.467. The number of ether oxygens (including phenoxy) is 1. The summed E-state index contributed by atoms with van der Waals surface area (Å²) in [7, 11) is 5.40. The molecule has 1 rings (SSSR count). The molecule has 0 N–H and O–H groups in total. The van der Waals surface area contributed by atoms with Gasteiger partial charge in [-0.25, -0.2) is 0 Å². The highest BCUT2D eigenvalue weighted by atomic mass is 16.5. The summed E-state index contributed by atoms with van der Waals surface area (Å²) >= 11 is 0. The molecule has 20 heavy (non-hydrogen) atoms. The van der Waals surface area contributed by atoms with E-state index in [4.69, 9.17) is 10.00 Å². The van der Waals surface area contributed by atoms with E-state index in [2.05, 4.69) is 6.07 Å². The molecule has 0 saturated heterocycles. The van der Waals surface area contributed by atoms with Crippen molar-refractivity contribution in [2.24, 2.45) is 0 Å². The van der Waals surface area contributed by atoms with Gasteiger partial charge in [-0.2, -0.15) is 5.26 Å². The molecule has 0 bridgehead atoms. The first-order chi connectivity index (χ1) is 9.54. The van der Waals surface area contributed by atoms with Crippen LogP contribution in [-0.4, -0.2) is 56.5 Å². The van der Waals surface area contributed by atoms with E-state index in [0.29, 0.717) is 24.5 Å². The van der Waals surface area contributed by atoms with Crippen LogP contribution in [-0.2, 0) is 4.79 Å². The highest BCUT2D eigenvalue weighted by Gasteiger charge is 2.08. The van der Waals surface area contributed by atoms with Gasteiger partial charge >= 0.3 is 0 Å². The van der Waals surface area contributed by atoms with Gasteiger partial charge in [0.25, 0.3) is 0 Å². The molecule has 0 radical (unpaired) electrons. The van der Waals surface area contributed by atoms with Gasteiger partial charge < -0.3 is 9.64 Å². The summed E-state index contributed by atoms with van der Waals surface area (Å²) < 4.78 is 5.59. The predicted octanol–water partition coefficient (Wildman–Crippen LogP) is 1.35. The number of nitriles is 1. The summed E-state index contributed by atoms with van der Waals surface area (Å²) in [5.74, 6) is 0.699. The molecular weight excluding hydrogens is 254 g/mol. The Morgan fingerprint density at radius 2 is 2.00 bits per heavy atom. The lowest BCUT2D eigenvalue weighted by Crippen LogP contribution is -2.35. The first-order valence-corrected chi connectivity index (χ1v) is 6.55. The van der Waals surface area contributed by atoms with Gasteiger partial charge in [0.05, 0.1) is 18.7 Å². The molecule has 0 spiro atoms. The number of carbonyl (C=O) groups is 1. The number of hydrogen-bond acceptors (Lipinski definition) is 4. The number of hydrogen-bond donors (Lipinski definition) is 0. The lowest BCUT2D eigenvalue weighted by atomic mass is 10.2. The van der Waals surface area contributed by atoms with Crippen LogP contribution in [0.5, 0.6) is 5.75 Å². The highest BCUT2D eigenvalue weighted by molar-refractivity contribution is 5.77. The zero-order valence-electron chi connectivity index (χ0n) is 12.3. The number of amides is 1. The Morgan fingerprint density at radius 3 is 2.65 bits per heavy atom. The van der Waals surface area contributed by atoms with Crippen molar-refractivity contribution in [2.75, 3.05) is 40.8 Å². The topological polar surface area (TPSA) is 56.6 Å². The molecule has 0 fully saturated rings.